The fraction of sp³-hybridized carbons (Fsp3) is 0.0909. The van der Waals surface area contributed by atoms with Crippen LogP contribution >= 0.6 is 22.9 Å². The molecule has 0 aliphatic rings. The van der Waals surface area contributed by atoms with Crippen molar-refractivity contribution in [3.63, 3.8) is 0 Å². The molecule has 2 rings (SSSR count). The van der Waals surface area contributed by atoms with E-state index in [0.717, 1.165) is 5.56 Å². The molecule has 0 saturated heterocycles. The number of nitrogens with zero attached hydrogens (tertiary/aromatic N) is 1. The van der Waals surface area contributed by atoms with E-state index in [9.17, 15) is 4.79 Å². The lowest BCUT2D eigenvalue weighted by Crippen LogP contribution is -2.03. The molecule has 0 saturated carbocycles. The van der Waals surface area contributed by atoms with Crippen LogP contribution in [0.15, 0.2) is 30.5 Å². The van der Waals surface area contributed by atoms with Crippen molar-refractivity contribution in [2.45, 2.75) is 6.92 Å². The molecule has 2 heterocycles. The van der Waals surface area contributed by atoms with Crippen molar-refractivity contribution in [3.8, 4) is 0 Å². The van der Waals surface area contributed by atoms with Gasteiger partial charge in [0.05, 0.1) is 9.21 Å². The second-order valence-electron chi connectivity index (χ2n) is 3.10. The number of aryl methyl sites for hydroxylation is 1. The van der Waals surface area contributed by atoms with Gasteiger partial charge in [0.25, 0.3) is 0 Å². The molecule has 0 spiro atoms. The highest BCUT2D eigenvalue weighted by atomic mass is 35.5. The third kappa shape index (κ3) is 2.08. The summed E-state index contributed by atoms with van der Waals surface area (Å²) in [6.07, 6.45) is 1.62. The van der Waals surface area contributed by atoms with E-state index in [2.05, 4.69) is 4.98 Å². The van der Waals surface area contributed by atoms with Crippen molar-refractivity contribution < 1.29 is 4.79 Å². The van der Waals surface area contributed by atoms with Gasteiger partial charge < -0.3 is 0 Å². The van der Waals surface area contributed by atoms with Gasteiger partial charge in [-0.1, -0.05) is 17.7 Å². The third-order valence-electron chi connectivity index (χ3n) is 2.02. The number of hydrogen-bond donors (Lipinski definition) is 0. The molecule has 0 unspecified atom stereocenters. The maximum Gasteiger partial charge on any atom is 0.221 e. The van der Waals surface area contributed by atoms with E-state index < -0.39 is 0 Å². The molecule has 0 aliphatic carbocycles. The standard InChI is InChI=1S/C11H8ClNOS/c1-7-3-2-6-13-10(7)11(14)8-4-5-9(12)15-8/h2-6H,1H3. The van der Waals surface area contributed by atoms with Crippen molar-refractivity contribution in [1.29, 1.82) is 0 Å². The molecule has 0 aliphatic heterocycles. The third-order valence-corrected chi connectivity index (χ3v) is 3.25. The monoisotopic (exact) mass is 237 g/mol. The lowest BCUT2D eigenvalue weighted by atomic mass is 10.1. The molecule has 0 amide bonds. The molecule has 2 aromatic heterocycles. The predicted octanol–water partition coefficient (Wildman–Crippen LogP) is 3.34. The molecular formula is C11H8ClNOS. The van der Waals surface area contributed by atoms with E-state index in [1.165, 1.54) is 11.3 Å². The van der Waals surface area contributed by atoms with Crippen molar-refractivity contribution >= 4 is 28.7 Å². The van der Waals surface area contributed by atoms with Crippen molar-refractivity contribution in [3.05, 3.63) is 50.9 Å². The molecule has 15 heavy (non-hydrogen) atoms. The second kappa shape index (κ2) is 4.13. The van der Waals surface area contributed by atoms with Crippen LogP contribution in [0.5, 0.6) is 0 Å². The lowest BCUT2D eigenvalue weighted by Gasteiger charge is -2.00. The summed E-state index contributed by atoms with van der Waals surface area (Å²) in [5.41, 5.74) is 1.38. The number of aromatic nitrogens is 1. The van der Waals surface area contributed by atoms with Gasteiger partial charge in [-0.2, -0.15) is 0 Å². The zero-order valence-electron chi connectivity index (χ0n) is 8.03. The Morgan fingerprint density at radius 1 is 1.40 bits per heavy atom. The molecule has 2 aromatic rings. The minimum Gasteiger partial charge on any atom is -0.286 e. The van der Waals surface area contributed by atoms with Gasteiger partial charge in [0.1, 0.15) is 5.69 Å². The van der Waals surface area contributed by atoms with Gasteiger partial charge >= 0.3 is 0 Å². The van der Waals surface area contributed by atoms with Gasteiger partial charge in [-0.25, -0.2) is 0 Å². The fourth-order valence-corrected chi connectivity index (χ4v) is 2.26. The summed E-state index contributed by atoms with van der Waals surface area (Å²) in [5, 5.41) is 0. The molecular weight excluding hydrogens is 230 g/mol. The molecule has 0 atom stereocenters. The zero-order chi connectivity index (χ0) is 10.8. The van der Waals surface area contributed by atoms with Gasteiger partial charge in [0.2, 0.25) is 5.78 Å². The lowest BCUT2D eigenvalue weighted by molar-refractivity contribution is 0.103. The maximum absolute atomic E-state index is 12.0. The number of carbonyl (C=O) groups excluding carboxylic acids is 1. The topological polar surface area (TPSA) is 30.0 Å². The molecule has 0 bridgehead atoms. The number of ketones is 1. The van der Waals surface area contributed by atoms with Gasteiger partial charge in [0, 0.05) is 6.20 Å². The first-order chi connectivity index (χ1) is 7.18. The van der Waals surface area contributed by atoms with Crippen molar-refractivity contribution in [2.24, 2.45) is 0 Å². The fourth-order valence-electron chi connectivity index (χ4n) is 1.28. The summed E-state index contributed by atoms with van der Waals surface area (Å²) in [6, 6.07) is 7.13. The van der Waals surface area contributed by atoms with Crippen LogP contribution in [0.3, 0.4) is 0 Å². The summed E-state index contributed by atoms with van der Waals surface area (Å²) < 4.78 is 0.618. The number of hydrogen-bond acceptors (Lipinski definition) is 3. The molecule has 4 heteroatoms. The van der Waals surface area contributed by atoms with Gasteiger partial charge in [-0.15, -0.1) is 11.3 Å². The van der Waals surface area contributed by atoms with Gasteiger partial charge in [0.15, 0.2) is 0 Å². The second-order valence-corrected chi connectivity index (χ2v) is 4.82. The number of halogens is 1. The average molecular weight is 238 g/mol. The van der Waals surface area contributed by atoms with E-state index in [0.29, 0.717) is 14.9 Å². The van der Waals surface area contributed by atoms with Gasteiger partial charge in [-0.3, -0.25) is 9.78 Å². The summed E-state index contributed by atoms with van der Waals surface area (Å²) in [4.78, 5) is 16.7. The molecule has 0 radical (unpaired) electrons. The molecule has 2 nitrogen and oxygen atoms in total. The number of rotatable bonds is 2. The predicted molar refractivity (Wildman–Crippen MR) is 61.7 cm³/mol. The van der Waals surface area contributed by atoms with Crippen LogP contribution in [0.4, 0.5) is 0 Å². The first-order valence-corrected chi connectivity index (χ1v) is 5.59. The van der Waals surface area contributed by atoms with E-state index in [4.69, 9.17) is 11.6 Å². The summed E-state index contributed by atoms with van der Waals surface area (Å²) in [7, 11) is 0. The normalized spacial score (nSPS) is 10.3. The van der Waals surface area contributed by atoms with Crippen LogP contribution in [0.25, 0.3) is 0 Å². The Morgan fingerprint density at radius 2 is 2.20 bits per heavy atom. The minimum absolute atomic E-state index is 0.0648. The quantitative estimate of drug-likeness (QED) is 0.750. The zero-order valence-corrected chi connectivity index (χ0v) is 9.60. The van der Waals surface area contributed by atoms with E-state index in [1.54, 1.807) is 18.3 Å². The molecule has 76 valence electrons. The molecule has 0 N–H and O–H groups in total. The SMILES string of the molecule is Cc1cccnc1C(=O)c1ccc(Cl)s1. The summed E-state index contributed by atoms with van der Waals surface area (Å²) in [6.45, 7) is 1.87. The van der Waals surface area contributed by atoms with Crippen LogP contribution < -0.4 is 0 Å². The molecule has 0 fully saturated rings. The summed E-state index contributed by atoms with van der Waals surface area (Å²) >= 11 is 7.05. The average Bonchev–Trinajstić information content (AvgIpc) is 2.65. The summed E-state index contributed by atoms with van der Waals surface area (Å²) in [5.74, 6) is -0.0648. The Balaban J connectivity index is 2.41. The Bertz CT molecular complexity index is 507. The van der Waals surface area contributed by atoms with Crippen molar-refractivity contribution in [1.82, 2.24) is 4.98 Å². The Morgan fingerprint density at radius 3 is 2.80 bits per heavy atom. The first-order valence-electron chi connectivity index (χ1n) is 4.40. The van der Waals surface area contributed by atoms with Crippen LogP contribution in [0.2, 0.25) is 4.34 Å². The van der Waals surface area contributed by atoms with Crippen LogP contribution in [-0.4, -0.2) is 10.8 Å². The number of carbonyl (C=O) groups is 1. The van der Waals surface area contributed by atoms with E-state index in [-0.39, 0.29) is 5.78 Å². The van der Waals surface area contributed by atoms with E-state index >= 15 is 0 Å². The highest BCUT2D eigenvalue weighted by molar-refractivity contribution is 7.18. The Hall–Kier alpha value is -1.19. The maximum atomic E-state index is 12.0. The highest BCUT2D eigenvalue weighted by Gasteiger charge is 2.14. The molecule has 0 aromatic carbocycles. The first kappa shape index (κ1) is 10.3. The van der Waals surface area contributed by atoms with Gasteiger partial charge in [-0.05, 0) is 30.7 Å². The van der Waals surface area contributed by atoms with Crippen LogP contribution in [0, 0.1) is 6.92 Å². The van der Waals surface area contributed by atoms with Crippen LogP contribution in [0.1, 0.15) is 20.9 Å². The number of thiophene rings is 1. The number of pyridine rings is 1. The highest BCUT2D eigenvalue weighted by Crippen LogP contribution is 2.24. The largest absolute Gasteiger partial charge is 0.286 e. The van der Waals surface area contributed by atoms with Crippen molar-refractivity contribution in [2.75, 3.05) is 0 Å². The minimum atomic E-state index is -0.0648. The smallest absolute Gasteiger partial charge is 0.221 e. The Kier molecular flexibility index (Phi) is 2.84. The Labute approximate surface area is 96.5 Å². The van der Waals surface area contributed by atoms with E-state index in [1.807, 2.05) is 19.1 Å². The van der Waals surface area contributed by atoms with Crippen LogP contribution in [-0.2, 0) is 0 Å².